The van der Waals surface area contributed by atoms with E-state index in [-0.39, 0.29) is 37.7 Å². The maximum absolute atomic E-state index is 13.1. The zero-order valence-corrected chi connectivity index (χ0v) is 17.3. The molecule has 158 valence electrons. The summed E-state index contributed by atoms with van der Waals surface area (Å²) in [6, 6.07) is 9.13. The second-order valence-corrected chi connectivity index (χ2v) is 7.65. The van der Waals surface area contributed by atoms with Gasteiger partial charge in [-0.25, -0.2) is 19.1 Å². The van der Waals surface area contributed by atoms with Crippen molar-refractivity contribution >= 4 is 35.5 Å². The lowest BCUT2D eigenvalue weighted by Crippen LogP contribution is -2.23. The molecule has 0 spiro atoms. The summed E-state index contributed by atoms with van der Waals surface area (Å²) in [5.41, 5.74) is 8.21. The lowest BCUT2D eigenvalue weighted by molar-refractivity contribution is 0.151. The maximum Gasteiger partial charge on any atom is 0.411 e. The molecule has 0 fully saturated rings. The second kappa shape index (κ2) is 9.24. The van der Waals surface area contributed by atoms with E-state index in [4.69, 9.17) is 10.5 Å². The molecule has 4 N–H and O–H groups in total. The van der Waals surface area contributed by atoms with Gasteiger partial charge in [-0.1, -0.05) is 6.07 Å². The Bertz CT molecular complexity index is 1140. The number of cyclic esters (lactones) is 1. The predicted octanol–water partition coefficient (Wildman–Crippen LogP) is 3.58. The number of H-pyrrole nitrogens is 1. The van der Waals surface area contributed by atoms with Crippen molar-refractivity contribution in [1.82, 2.24) is 14.8 Å². The first-order valence-electron chi connectivity index (χ1n) is 8.85. The molecule has 1 atom stereocenters. The van der Waals surface area contributed by atoms with Crippen molar-refractivity contribution < 1.29 is 13.9 Å². The number of aromatic nitrogens is 3. The number of carbonyl (C=O) groups is 1. The highest BCUT2D eigenvalue weighted by molar-refractivity contribution is 7.15. The van der Waals surface area contributed by atoms with Crippen LogP contribution in [-0.4, -0.2) is 27.4 Å². The summed E-state index contributed by atoms with van der Waals surface area (Å²) in [6.45, 7) is 0.274. The number of aromatic amines is 1. The van der Waals surface area contributed by atoms with Crippen LogP contribution in [-0.2, 0) is 11.3 Å². The Morgan fingerprint density at radius 3 is 2.90 bits per heavy atom. The molecule has 1 aromatic carbocycles. The van der Waals surface area contributed by atoms with Gasteiger partial charge in [-0.15, -0.1) is 23.7 Å². The highest BCUT2D eigenvalue weighted by Crippen LogP contribution is 2.37. The molecule has 30 heavy (non-hydrogen) atoms. The number of halogens is 2. The molecule has 3 aromatic rings. The number of carbonyl (C=O) groups excluding carboxylic acids is 1. The van der Waals surface area contributed by atoms with Crippen LogP contribution in [0.2, 0.25) is 0 Å². The molecule has 0 aliphatic carbocycles. The average molecular weight is 452 g/mol. The Morgan fingerprint density at radius 1 is 1.37 bits per heavy atom. The number of nitrogens with one attached hydrogen (secondary N) is 2. The molecule has 1 unspecified atom stereocenters. The third-order valence-electron chi connectivity index (χ3n) is 4.73. The second-order valence-electron chi connectivity index (χ2n) is 6.54. The van der Waals surface area contributed by atoms with Gasteiger partial charge in [0.05, 0.1) is 18.1 Å². The first-order valence-corrected chi connectivity index (χ1v) is 9.67. The van der Waals surface area contributed by atoms with Gasteiger partial charge >= 0.3 is 11.8 Å². The average Bonchev–Trinajstić information content (AvgIpc) is 3.38. The summed E-state index contributed by atoms with van der Waals surface area (Å²) >= 11 is 1.50. The number of rotatable bonds is 6. The first-order chi connectivity index (χ1) is 14.1. The molecule has 0 bridgehead atoms. The van der Waals surface area contributed by atoms with Crippen molar-refractivity contribution in [2.24, 2.45) is 5.73 Å². The summed E-state index contributed by atoms with van der Waals surface area (Å²) in [5.74, 6) is 0. The molecule has 1 aliphatic heterocycles. The molecule has 1 amide bonds. The summed E-state index contributed by atoms with van der Waals surface area (Å²) < 4.78 is 19.6. The Morgan fingerprint density at radius 2 is 2.20 bits per heavy atom. The molecule has 1 aliphatic rings. The van der Waals surface area contributed by atoms with E-state index in [0.29, 0.717) is 11.9 Å². The van der Waals surface area contributed by atoms with E-state index in [1.165, 1.54) is 22.2 Å². The summed E-state index contributed by atoms with van der Waals surface area (Å²) in [4.78, 5) is 25.3. The molecule has 0 saturated carbocycles. The van der Waals surface area contributed by atoms with Crippen LogP contribution in [0.15, 0.2) is 53.4 Å². The Labute approximate surface area is 181 Å². The topological polar surface area (TPSA) is 115 Å². The van der Waals surface area contributed by atoms with Crippen LogP contribution in [0.1, 0.15) is 22.9 Å². The third kappa shape index (κ3) is 4.30. The van der Waals surface area contributed by atoms with Crippen molar-refractivity contribution in [3.05, 3.63) is 69.5 Å². The quantitative estimate of drug-likeness (QED) is 0.530. The van der Waals surface area contributed by atoms with E-state index in [1.807, 2.05) is 30.3 Å². The van der Waals surface area contributed by atoms with Crippen molar-refractivity contribution in [2.75, 3.05) is 11.9 Å². The van der Waals surface area contributed by atoms with Gasteiger partial charge in [0.2, 0.25) is 0 Å². The molecule has 2 aromatic heterocycles. The fourth-order valence-electron chi connectivity index (χ4n) is 3.20. The fourth-order valence-corrected chi connectivity index (χ4v) is 4.30. The van der Waals surface area contributed by atoms with Gasteiger partial charge in [0.1, 0.15) is 12.9 Å². The minimum absolute atomic E-state index is 0. The Hall–Kier alpha value is -2.95. The van der Waals surface area contributed by atoms with Crippen LogP contribution in [0.4, 0.5) is 14.9 Å². The first kappa shape index (κ1) is 21.8. The molecule has 0 saturated heterocycles. The smallest absolute Gasteiger partial charge is 0.411 e. The number of anilines is 1. The summed E-state index contributed by atoms with van der Waals surface area (Å²) in [5, 5.41) is 8.82. The highest BCUT2D eigenvalue weighted by Gasteiger charge is 2.21. The minimum atomic E-state index is -0.464. The van der Waals surface area contributed by atoms with Gasteiger partial charge in [0, 0.05) is 21.9 Å². The highest BCUT2D eigenvalue weighted by atomic mass is 35.5. The number of hydrogen-bond donors (Lipinski definition) is 3. The van der Waals surface area contributed by atoms with Crippen molar-refractivity contribution in [1.29, 1.82) is 0 Å². The monoisotopic (exact) mass is 451 g/mol. The number of benzene rings is 1. The molecule has 3 heterocycles. The standard InChI is InChI=1S/C19H18FN5O3S.ClH/c20-7-11(8-21)5-15(25-10-22-24-18(25)26)17-4-3-16(29-17)12-1-2-14-13(6-12)9-28-19(27)23-14;/h1-4,6-7,10,15H,5,8-9,21H2,(H,23,27)(H,24,26);1H/b11-7+;. The van der Waals surface area contributed by atoms with Crippen LogP contribution in [0, 0.1) is 0 Å². The van der Waals surface area contributed by atoms with Gasteiger partial charge in [0.25, 0.3) is 0 Å². The number of thiophene rings is 1. The van der Waals surface area contributed by atoms with Gasteiger partial charge < -0.3 is 10.5 Å². The zero-order chi connectivity index (χ0) is 20.4. The van der Waals surface area contributed by atoms with Crippen molar-refractivity contribution in [3.63, 3.8) is 0 Å². The molecule has 8 nitrogen and oxygen atoms in total. The van der Waals surface area contributed by atoms with E-state index in [0.717, 1.165) is 26.6 Å². The van der Waals surface area contributed by atoms with Crippen LogP contribution in [0.5, 0.6) is 0 Å². The maximum atomic E-state index is 13.1. The summed E-state index contributed by atoms with van der Waals surface area (Å²) in [7, 11) is 0. The largest absolute Gasteiger partial charge is 0.444 e. The SMILES string of the molecule is Cl.NC/C(=C/F)CC(c1ccc(-c2ccc3c(c2)COC(=O)N3)s1)n1cn[nH]c1=O. The lowest BCUT2D eigenvalue weighted by Gasteiger charge is -2.18. The number of nitrogens with zero attached hydrogens (tertiary/aromatic N) is 2. The number of ether oxygens (including phenoxy) is 1. The van der Waals surface area contributed by atoms with Crippen LogP contribution in [0.3, 0.4) is 0 Å². The Kier molecular flexibility index (Phi) is 6.70. The minimum Gasteiger partial charge on any atom is -0.444 e. The molecule has 11 heteroatoms. The third-order valence-corrected chi connectivity index (χ3v) is 5.96. The fraction of sp³-hybridized carbons (Fsp3) is 0.211. The van der Waals surface area contributed by atoms with E-state index in [1.54, 1.807) is 0 Å². The normalized spacial score (nSPS) is 14.3. The zero-order valence-electron chi connectivity index (χ0n) is 15.6. The van der Waals surface area contributed by atoms with Crippen molar-refractivity contribution in [3.8, 4) is 10.4 Å². The van der Waals surface area contributed by atoms with Gasteiger partial charge in [-0.3, -0.25) is 9.88 Å². The number of nitrogens with two attached hydrogens (primary N) is 1. The van der Waals surface area contributed by atoms with E-state index in [9.17, 15) is 14.0 Å². The van der Waals surface area contributed by atoms with Crippen LogP contribution in [0.25, 0.3) is 10.4 Å². The van der Waals surface area contributed by atoms with E-state index in [2.05, 4.69) is 15.5 Å². The molecule has 4 rings (SSSR count). The number of fused-ring (bicyclic) bond motifs is 1. The van der Waals surface area contributed by atoms with Crippen molar-refractivity contribution in [2.45, 2.75) is 19.1 Å². The van der Waals surface area contributed by atoms with Gasteiger partial charge in [0.15, 0.2) is 0 Å². The molecular formula is C19H19ClFN5O3S. The summed E-state index contributed by atoms with van der Waals surface area (Å²) in [6.07, 6.45) is 1.69. The Balaban J connectivity index is 0.00000256. The lowest BCUT2D eigenvalue weighted by atomic mass is 10.1. The predicted molar refractivity (Wildman–Crippen MR) is 115 cm³/mol. The van der Waals surface area contributed by atoms with E-state index < -0.39 is 12.1 Å². The van der Waals surface area contributed by atoms with E-state index >= 15 is 0 Å². The van der Waals surface area contributed by atoms with Gasteiger partial charge in [-0.05, 0) is 41.8 Å². The molecular weight excluding hydrogens is 433 g/mol. The van der Waals surface area contributed by atoms with Crippen LogP contribution >= 0.6 is 23.7 Å². The van der Waals surface area contributed by atoms with Crippen LogP contribution < -0.4 is 16.7 Å². The number of hydrogen-bond acceptors (Lipinski definition) is 6. The number of amides is 1. The molecule has 0 radical (unpaired) electrons. The van der Waals surface area contributed by atoms with Gasteiger partial charge in [-0.2, -0.15) is 5.10 Å².